The van der Waals surface area contributed by atoms with Gasteiger partial charge in [0.2, 0.25) is 0 Å². The van der Waals surface area contributed by atoms with Gasteiger partial charge in [-0.1, -0.05) is 0 Å². The minimum atomic E-state index is 0.614. The van der Waals surface area contributed by atoms with Gasteiger partial charge in [0.05, 0.1) is 19.8 Å². The second-order valence-electron chi connectivity index (χ2n) is 3.76. The normalized spacial score (nSPS) is 24.0. The highest BCUT2D eigenvalue weighted by atomic mass is 16.5. The molecule has 0 radical (unpaired) electrons. The van der Waals surface area contributed by atoms with Gasteiger partial charge in [-0.25, -0.2) is 0 Å². The van der Waals surface area contributed by atoms with Crippen molar-refractivity contribution in [1.29, 1.82) is 0 Å². The van der Waals surface area contributed by atoms with Crippen LogP contribution in [-0.2, 0) is 9.47 Å². The van der Waals surface area contributed by atoms with Crippen LogP contribution in [0.5, 0.6) is 0 Å². The van der Waals surface area contributed by atoms with E-state index >= 15 is 0 Å². The Morgan fingerprint density at radius 3 is 2.93 bits per heavy atom. The van der Waals surface area contributed by atoms with Crippen LogP contribution in [0.4, 0.5) is 0 Å². The molecule has 0 spiro atoms. The molecule has 1 rings (SSSR count). The Bertz CT molecular complexity index is 144. The average molecular weight is 202 g/mol. The first-order valence-electron chi connectivity index (χ1n) is 5.35. The molecule has 4 heteroatoms. The lowest BCUT2D eigenvalue weighted by Crippen LogP contribution is -2.49. The summed E-state index contributed by atoms with van der Waals surface area (Å²) in [6, 6.07) is 0.614. The minimum Gasteiger partial charge on any atom is -0.382 e. The lowest BCUT2D eigenvalue weighted by atomic mass is 10.2. The van der Waals surface area contributed by atoms with Crippen molar-refractivity contribution in [2.24, 2.45) is 0 Å². The van der Waals surface area contributed by atoms with Crippen molar-refractivity contribution >= 4 is 0 Å². The summed E-state index contributed by atoms with van der Waals surface area (Å²) in [5, 5.41) is 3.42. The van der Waals surface area contributed by atoms with Crippen molar-refractivity contribution in [1.82, 2.24) is 10.2 Å². The summed E-state index contributed by atoms with van der Waals surface area (Å²) < 4.78 is 10.3. The van der Waals surface area contributed by atoms with Gasteiger partial charge in [0.25, 0.3) is 0 Å². The molecule has 1 N–H and O–H groups in total. The molecule has 0 aromatic carbocycles. The van der Waals surface area contributed by atoms with E-state index in [1.165, 1.54) is 0 Å². The number of ether oxygens (including phenoxy) is 2. The molecule has 14 heavy (non-hydrogen) atoms. The highest BCUT2D eigenvalue weighted by Crippen LogP contribution is 1.97. The Balaban J connectivity index is 1.95. The molecule has 0 bridgehead atoms. The number of nitrogens with one attached hydrogen (secondary N) is 1. The van der Waals surface area contributed by atoms with Gasteiger partial charge in [-0.05, 0) is 6.92 Å². The molecule has 1 fully saturated rings. The molecule has 4 nitrogen and oxygen atoms in total. The molecule has 0 aromatic heterocycles. The second kappa shape index (κ2) is 7.17. The van der Waals surface area contributed by atoms with Crippen LogP contribution in [0.2, 0.25) is 0 Å². The van der Waals surface area contributed by atoms with E-state index in [1.54, 1.807) is 7.11 Å². The van der Waals surface area contributed by atoms with E-state index in [1.807, 2.05) is 0 Å². The molecule has 1 aliphatic heterocycles. The fraction of sp³-hybridized carbons (Fsp3) is 1.00. The summed E-state index contributed by atoms with van der Waals surface area (Å²) in [7, 11) is 1.70. The zero-order chi connectivity index (χ0) is 10.2. The molecular weight excluding hydrogens is 180 g/mol. The third-order valence-electron chi connectivity index (χ3n) is 2.44. The zero-order valence-corrected chi connectivity index (χ0v) is 9.29. The quantitative estimate of drug-likeness (QED) is 0.612. The number of rotatable bonds is 6. The van der Waals surface area contributed by atoms with Gasteiger partial charge >= 0.3 is 0 Å². The van der Waals surface area contributed by atoms with Crippen molar-refractivity contribution < 1.29 is 9.47 Å². The summed E-state index contributed by atoms with van der Waals surface area (Å²) in [6.45, 7) is 8.84. The lowest BCUT2D eigenvalue weighted by molar-refractivity contribution is 0.0529. The predicted molar refractivity (Wildman–Crippen MR) is 56.6 cm³/mol. The van der Waals surface area contributed by atoms with Crippen molar-refractivity contribution in [2.75, 3.05) is 53.1 Å². The average Bonchev–Trinajstić information content (AvgIpc) is 2.18. The van der Waals surface area contributed by atoms with Crippen LogP contribution in [0.25, 0.3) is 0 Å². The fourth-order valence-electron chi connectivity index (χ4n) is 1.65. The first-order valence-corrected chi connectivity index (χ1v) is 5.35. The second-order valence-corrected chi connectivity index (χ2v) is 3.76. The van der Waals surface area contributed by atoms with Crippen LogP contribution in [0, 0.1) is 0 Å². The van der Waals surface area contributed by atoms with Gasteiger partial charge in [-0.15, -0.1) is 0 Å². The van der Waals surface area contributed by atoms with E-state index in [2.05, 4.69) is 17.1 Å². The summed E-state index contributed by atoms with van der Waals surface area (Å²) in [4.78, 5) is 2.44. The van der Waals surface area contributed by atoms with E-state index in [9.17, 15) is 0 Å². The molecule has 0 aliphatic carbocycles. The summed E-state index contributed by atoms with van der Waals surface area (Å²) >= 11 is 0. The van der Waals surface area contributed by atoms with Crippen LogP contribution in [0.1, 0.15) is 6.92 Å². The topological polar surface area (TPSA) is 33.7 Å². The monoisotopic (exact) mass is 202 g/mol. The van der Waals surface area contributed by atoms with Gasteiger partial charge in [0.1, 0.15) is 0 Å². The predicted octanol–water partition coefficient (Wildman–Crippen LogP) is -0.0569. The van der Waals surface area contributed by atoms with Crippen molar-refractivity contribution in [2.45, 2.75) is 13.0 Å². The van der Waals surface area contributed by atoms with E-state index in [0.29, 0.717) is 19.3 Å². The Morgan fingerprint density at radius 2 is 2.21 bits per heavy atom. The Morgan fingerprint density at radius 1 is 1.36 bits per heavy atom. The number of nitrogens with zero attached hydrogens (tertiary/aromatic N) is 1. The molecule has 0 unspecified atom stereocenters. The molecule has 1 heterocycles. The van der Waals surface area contributed by atoms with Gasteiger partial charge < -0.3 is 14.8 Å². The minimum absolute atomic E-state index is 0.614. The molecule has 0 amide bonds. The van der Waals surface area contributed by atoms with Gasteiger partial charge in [-0.3, -0.25) is 4.90 Å². The fourth-order valence-corrected chi connectivity index (χ4v) is 1.65. The van der Waals surface area contributed by atoms with E-state index in [0.717, 1.165) is 32.8 Å². The van der Waals surface area contributed by atoms with Crippen molar-refractivity contribution in [3.63, 3.8) is 0 Å². The van der Waals surface area contributed by atoms with Crippen molar-refractivity contribution in [3.8, 4) is 0 Å². The molecular formula is C10H22N2O2. The van der Waals surface area contributed by atoms with Crippen LogP contribution in [-0.4, -0.2) is 64.1 Å². The lowest BCUT2D eigenvalue weighted by Gasteiger charge is -2.31. The van der Waals surface area contributed by atoms with Crippen molar-refractivity contribution in [3.05, 3.63) is 0 Å². The Kier molecular flexibility index (Phi) is 6.10. The van der Waals surface area contributed by atoms with E-state index in [4.69, 9.17) is 9.47 Å². The van der Waals surface area contributed by atoms with Gasteiger partial charge in [0.15, 0.2) is 0 Å². The standard InChI is InChI=1S/C10H22N2O2/c1-10-9-12(4-3-11-10)5-6-14-8-7-13-2/h10-11H,3-9H2,1-2H3/t10-/m0/s1. The number of hydrogen-bond acceptors (Lipinski definition) is 4. The highest BCUT2D eigenvalue weighted by Gasteiger charge is 2.14. The molecule has 0 saturated carbocycles. The smallest absolute Gasteiger partial charge is 0.0700 e. The van der Waals surface area contributed by atoms with Crippen LogP contribution in [0.3, 0.4) is 0 Å². The number of piperazine rings is 1. The highest BCUT2D eigenvalue weighted by molar-refractivity contribution is 4.74. The van der Waals surface area contributed by atoms with Gasteiger partial charge in [0, 0.05) is 39.3 Å². The first kappa shape index (κ1) is 11.9. The molecule has 1 aliphatic rings. The maximum absolute atomic E-state index is 5.42. The van der Waals surface area contributed by atoms with Crippen LogP contribution in [0.15, 0.2) is 0 Å². The third kappa shape index (κ3) is 4.91. The molecule has 1 saturated heterocycles. The zero-order valence-electron chi connectivity index (χ0n) is 9.29. The molecule has 1 atom stereocenters. The Hall–Kier alpha value is -0.160. The SMILES string of the molecule is COCCOCCN1CCN[C@@H](C)C1. The molecule has 0 aromatic rings. The third-order valence-corrected chi connectivity index (χ3v) is 2.44. The van der Waals surface area contributed by atoms with Gasteiger partial charge in [-0.2, -0.15) is 0 Å². The number of hydrogen-bond donors (Lipinski definition) is 1. The number of methoxy groups -OCH3 is 1. The van der Waals surface area contributed by atoms with Crippen LogP contribution >= 0.6 is 0 Å². The summed E-state index contributed by atoms with van der Waals surface area (Å²) in [5.74, 6) is 0. The van der Waals surface area contributed by atoms with E-state index in [-0.39, 0.29) is 0 Å². The maximum Gasteiger partial charge on any atom is 0.0700 e. The Labute approximate surface area is 86.6 Å². The maximum atomic E-state index is 5.42. The first-order chi connectivity index (χ1) is 6.83. The summed E-state index contributed by atoms with van der Waals surface area (Å²) in [5.41, 5.74) is 0. The van der Waals surface area contributed by atoms with E-state index < -0.39 is 0 Å². The van der Waals surface area contributed by atoms with Crippen LogP contribution < -0.4 is 5.32 Å². The largest absolute Gasteiger partial charge is 0.382 e. The summed E-state index contributed by atoms with van der Waals surface area (Å²) in [6.07, 6.45) is 0. The molecule has 84 valence electrons.